The van der Waals surface area contributed by atoms with Gasteiger partial charge in [-0.15, -0.1) is 0 Å². The highest BCUT2D eigenvalue weighted by Crippen LogP contribution is 2.33. The molecule has 0 saturated heterocycles. The second kappa shape index (κ2) is 4.93. The average molecular weight is 272 g/mol. The van der Waals surface area contributed by atoms with E-state index in [1.54, 1.807) is 0 Å². The van der Waals surface area contributed by atoms with Gasteiger partial charge in [-0.05, 0) is 17.7 Å². The van der Waals surface area contributed by atoms with Crippen LogP contribution in [0.5, 0.6) is 0 Å². The summed E-state index contributed by atoms with van der Waals surface area (Å²) in [7, 11) is 0. The van der Waals surface area contributed by atoms with Crippen molar-refractivity contribution < 1.29 is 22.7 Å². The van der Waals surface area contributed by atoms with Gasteiger partial charge in [-0.2, -0.15) is 13.2 Å². The Hall–Kier alpha value is -2.02. The zero-order chi connectivity index (χ0) is 14.0. The van der Waals surface area contributed by atoms with Crippen molar-refractivity contribution in [3.8, 4) is 0 Å². The highest BCUT2D eigenvalue weighted by atomic mass is 19.4. The van der Waals surface area contributed by atoms with Crippen LogP contribution >= 0.6 is 0 Å². The van der Waals surface area contributed by atoms with E-state index < -0.39 is 23.7 Å². The van der Waals surface area contributed by atoms with E-state index in [0.717, 1.165) is 6.07 Å². The van der Waals surface area contributed by atoms with Crippen molar-refractivity contribution in [2.75, 3.05) is 0 Å². The Morgan fingerprint density at radius 2 is 1.89 bits per heavy atom. The standard InChI is InChI=1S/C12H8F4N2O/c13-9-2-1-7(5-8(9)12(14,15)16)11(19)10-6-17-3-4-18-10/h1-6,11,19H. The number of nitrogens with zero attached hydrogens (tertiary/aromatic N) is 2. The fraction of sp³-hybridized carbons (Fsp3) is 0.167. The summed E-state index contributed by atoms with van der Waals surface area (Å²) in [6.45, 7) is 0. The summed E-state index contributed by atoms with van der Waals surface area (Å²) in [4.78, 5) is 7.48. The molecule has 0 saturated carbocycles. The van der Waals surface area contributed by atoms with Gasteiger partial charge >= 0.3 is 6.18 Å². The number of hydrogen-bond donors (Lipinski definition) is 1. The Kier molecular flexibility index (Phi) is 3.48. The van der Waals surface area contributed by atoms with E-state index in [4.69, 9.17) is 0 Å². The van der Waals surface area contributed by atoms with Gasteiger partial charge in [0.25, 0.3) is 0 Å². The minimum atomic E-state index is -4.82. The summed E-state index contributed by atoms with van der Waals surface area (Å²) in [5.41, 5.74) is -1.44. The average Bonchev–Trinajstić information content (AvgIpc) is 2.38. The molecule has 100 valence electrons. The van der Waals surface area contributed by atoms with E-state index >= 15 is 0 Å². The SMILES string of the molecule is OC(c1ccc(F)c(C(F)(F)F)c1)c1cnccn1. The number of aromatic nitrogens is 2. The molecule has 1 heterocycles. The molecule has 0 fully saturated rings. The van der Waals surface area contributed by atoms with Crippen molar-refractivity contribution in [1.29, 1.82) is 0 Å². The molecule has 1 unspecified atom stereocenters. The topological polar surface area (TPSA) is 46.0 Å². The molecule has 1 aromatic heterocycles. The van der Waals surface area contributed by atoms with Crippen molar-refractivity contribution in [3.05, 3.63) is 59.4 Å². The number of alkyl halides is 3. The van der Waals surface area contributed by atoms with Crippen LogP contribution in [0.4, 0.5) is 17.6 Å². The molecule has 7 heteroatoms. The first-order valence-electron chi connectivity index (χ1n) is 5.20. The van der Waals surface area contributed by atoms with E-state index in [9.17, 15) is 22.7 Å². The van der Waals surface area contributed by atoms with Crippen LogP contribution in [0, 0.1) is 5.82 Å². The Morgan fingerprint density at radius 1 is 1.16 bits per heavy atom. The van der Waals surface area contributed by atoms with Crippen LogP contribution in [0.25, 0.3) is 0 Å². The molecule has 0 spiro atoms. The Morgan fingerprint density at radius 3 is 2.47 bits per heavy atom. The highest BCUT2D eigenvalue weighted by molar-refractivity contribution is 5.31. The lowest BCUT2D eigenvalue weighted by Crippen LogP contribution is -2.11. The Bertz CT molecular complexity index is 572. The van der Waals surface area contributed by atoms with Gasteiger partial charge in [0.05, 0.1) is 17.5 Å². The maximum Gasteiger partial charge on any atom is 0.419 e. The molecule has 0 aliphatic rings. The van der Waals surface area contributed by atoms with E-state index in [1.807, 2.05) is 0 Å². The number of rotatable bonds is 2. The predicted octanol–water partition coefficient (Wildman–Crippen LogP) is 2.72. The Labute approximate surface area is 105 Å². The maximum absolute atomic E-state index is 13.1. The van der Waals surface area contributed by atoms with Crippen LogP contribution in [-0.2, 0) is 6.18 Å². The first-order chi connectivity index (χ1) is 8.89. The molecule has 1 N–H and O–H groups in total. The van der Waals surface area contributed by atoms with Crippen LogP contribution in [0.1, 0.15) is 22.9 Å². The fourth-order valence-electron chi connectivity index (χ4n) is 1.55. The molecule has 19 heavy (non-hydrogen) atoms. The third-order valence-corrected chi connectivity index (χ3v) is 2.47. The summed E-state index contributed by atoms with van der Waals surface area (Å²) >= 11 is 0. The zero-order valence-corrected chi connectivity index (χ0v) is 9.39. The van der Waals surface area contributed by atoms with Crippen molar-refractivity contribution in [2.45, 2.75) is 12.3 Å². The van der Waals surface area contributed by atoms with E-state index in [2.05, 4.69) is 9.97 Å². The van der Waals surface area contributed by atoms with E-state index in [-0.39, 0.29) is 11.3 Å². The zero-order valence-electron chi connectivity index (χ0n) is 9.39. The van der Waals surface area contributed by atoms with Gasteiger partial charge in [-0.25, -0.2) is 4.39 Å². The summed E-state index contributed by atoms with van der Waals surface area (Å²) in [5.74, 6) is -1.39. The lowest BCUT2D eigenvalue weighted by molar-refractivity contribution is -0.140. The molecule has 0 amide bonds. The minimum absolute atomic E-state index is 0.0854. The molecule has 1 atom stereocenters. The molecule has 3 nitrogen and oxygen atoms in total. The normalized spacial score (nSPS) is 13.3. The maximum atomic E-state index is 13.1. The summed E-state index contributed by atoms with van der Waals surface area (Å²) in [5, 5.41) is 9.88. The van der Waals surface area contributed by atoms with Gasteiger partial charge in [0, 0.05) is 12.4 Å². The number of hydrogen-bond acceptors (Lipinski definition) is 3. The van der Waals surface area contributed by atoms with Gasteiger partial charge in [0.2, 0.25) is 0 Å². The van der Waals surface area contributed by atoms with Crippen molar-refractivity contribution >= 4 is 0 Å². The summed E-state index contributed by atoms with van der Waals surface area (Å²) in [6, 6.07) is 2.30. The molecule has 2 aromatic rings. The van der Waals surface area contributed by atoms with E-state index in [1.165, 1.54) is 18.6 Å². The minimum Gasteiger partial charge on any atom is -0.382 e. The molecule has 1 aromatic carbocycles. The lowest BCUT2D eigenvalue weighted by Gasteiger charge is -2.13. The second-order valence-electron chi connectivity index (χ2n) is 3.77. The summed E-state index contributed by atoms with van der Waals surface area (Å²) < 4.78 is 50.7. The van der Waals surface area contributed by atoms with Gasteiger partial charge in [-0.3, -0.25) is 9.97 Å². The van der Waals surface area contributed by atoms with Crippen LogP contribution in [0.3, 0.4) is 0 Å². The monoisotopic (exact) mass is 272 g/mol. The first kappa shape index (κ1) is 13.4. The third-order valence-electron chi connectivity index (χ3n) is 2.47. The van der Waals surface area contributed by atoms with Gasteiger partial charge in [0.15, 0.2) is 0 Å². The molecular weight excluding hydrogens is 264 g/mol. The van der Waals surface area contributed by atoms with E-state index in [0.29, 0.717) is 12.1 Å². The second-order valence-corrected chi connectivity index (χ2v) is 3.77. The number of benzene rings is 1. The lowest BCUT2D eigenvalue weighted by atomic mass is 10.0. The number of halogens is 4. The van der Waals surface area contributed by atoms with Gasteiger partial charge in [-0.1, -0.05) is 6.07 Å². The van der Waals surface area contributed by atoms with Crippen molar-refractivity contribution in [1.82, 2.24) is 9.97 Å². The quantitative estimate of drug-likeness (QED) is 0.855. The molecule has 2 rings (SSSR count). The van der Waals surface area contributed by atoms with Gasteiger partial charge in [0.1, 0.15) is 11.9 Å². The Balaban J connectivity index is 2.42. The molecule has 0 aliphatic heterocycles. The molecular formula is C12H8F4N2O. The first-order valence-corrected chi connectivity index (χ1v) is 5.20. The van der Waals surface area contributed by atoms with Crippen LogP contribution in [0.15, 0.2) is 36.8 Å². The molecule has 0 radical (unpaired) electrons. The van der Waals surface area contributed by atoms with Crippen molar-refractivity contribution in [3.63, 3.8) is 0 Å². The fourth-order valence-corrected chi connectivity index (χ4v) is 1.55. The predicted molar refractivity (Wildman–Crippen MR) is 57.5 cm³/mol. The molecule has 0 bridgehead atoms. The van der Waals surface area contributed by atoms with Crippen LogP contribution in [0.2, 0.25) is 0 Å². The summed E-state index contributed by atoms with van der Waals surface area (Å²) in [6.07, 6.45) is -2.33. The number of aliphatic hydroxyl groups is 1. The van der Waals surface area contributed by atoms with Gasteiger partial charge < -0.3 is 5.11 Å². The highest BCUT2D eigenvalue weighted by Gasteiger charge is 2.34. The van der Waals surface area contributed by atoms with Crippen LogP contribution in [-0.4, -0.2) is 15.1 Å². The largest absolute Gasteiger partial charge is 0.419 e. The molecule has 0 aliphatic carbocycles. The van der Waals surface area contributed by atoms with Crippen molar-refractivity contribution in [2.24, 2.45) is 0 Å². The van der Waals surface area contributed by atoms with Crippen LogP contribution < -0.4 is 0 Å². The third kappa shape index (κ3) is 2.87. The smallest absolute Gasteiger partial charge is 0.382 e. The number of aliphatic hydroxyl groups excluding tert-OH is 1.